The van der Waals surface area contributed by atoms with Crippen molar-refractivity contribution in [2.24, 2.45) is 5.73 Å². The van der Waals surface area contributed by atoms with E-state index in [-0.39, 0.29) is 5.03 Å². The molecule has 0 radical (unpaired) electrons. The molecule has 0 bridgehead atoms. The molecule has 0 aliphatic heterocycles. The molecule has 0 amide bonds. The summed E-state index contributed by atoms with van der Waals surface area (Å²) in [6.45, 7) is 10.0. The van der Waals surface area contributed by atoms with E-state index < -0.39 is 11.7 Å². The Labute approximate surface area is 123 Å². The molecule has 5 heteroatoms. The molecule has 0 spiro atoms. The van der Waals surface area contributed by atoms with E-state index in [1.165, 1.54) is 6.08 Å². The van der Waals surface area contributed by atoms with Gasteiger partial charge in [-0.25, -0.2) is 0 Å². The van der Waals surface area contributed by atoms with Gasteiger partial charge in [0.05, 0.1) is 5.57 Å². The third-order valence-electron chi connectivity index (χ3n) is 1.79. The van der Waals surface area contributed by atoms with E-state index in [0.717, 1.165) is 17.8 Å². The second-order valence-electron chi connectivity index (χ2n) is 3.38. The third kappa shape index (κ3) is 11.4. The normalized spacial score (nSPS) is 13.8. The lowest BCUT2D eigenvalue weighted by molar-refractivity contribution is -0.0881. The van der Waals surface area contributed by atoms with Crippen LogP contribution < -0.4 is 5.73 Å². The molecular formula is C15H19ClF3N. The van der Waals surface area contributed by atoms with Crippen molar-refractivity contribution in [2.45, 2.75) is 20.0 Å². The number of nitrogens with two attached hydrogens (primary N) is 1. The van der Waals surface area contributed by atoms with Crippen molar-refractivity contribution in [3.63, 3.8) is 0 Å². The van der Waals surface area contributed by atoms with E-state index in [9.17, 15) is 13.2 Å². The van der Waals surface area contributed by atoms with Gasteiger partial charge in [-0.2, -0.15) is 13.2 Å². The smallest absolute Gasteiger partial charge is 0.399 e. The Morgan fingerprint density at radius 3 is 2.05 bits per heavy atom. The number of allylic oxidation sites excluding steroid dienone is 9. The van der Waals surface area contributed by atoms with Gasteiger partial charge in [0.2, 0.25) is 0 Å². The van der Waals surface area contributed by atoms with Crippen molar-refractivity contribution < 1.29 is 13.2 Å². The molecule has 0 atom stereocenters. The first-order chi connectivity index (χ1) is 9.22. The summed E-state index contributed by atoms with van der Waals surface area (Å²) in [6, 6.07) is 0. The number of hydrogen-bond acceptors (Lipinski definition) is 1. The van der Waals surface area contributed by atoms with Crippen molar-refractivity contribution >= 4 is 11.6 Å². The Hall–Kier alpha value is -1.68. The number of halogens is 4. The lowest BCUT2D eigenvalue weighted by Crippen LogP contribution is -2.09. The molecule has 2 N–H and O–H groups in total. The van der Waals surface area contributed by atoms with E-state index in [4.69, 9.17) is 17.3 Å². The molecule has 1 nitrogen and oxygen atoms in total. The second kappa shape index (κ2) is 11.2. The van der Waals surface area contributed by atoms with Gasteiger partial charge in [0.1, 0.15) is 0 Å². The molecule has 20 heavy (non-hydrogen) atoms. The lowest BCUT2D eigenvalue weighted by Gasteiger charge is -2.05. The second-order valence-corrected chi connectivity index (χ2v) is 3.81. The highest BCUT2D eigenvalue weighted by Crippen LogP contribution is 2.27. The molecule has 0 unspecified atom stereocenters. The van der Waals surface area contributed by atoms with E-state index in [1.807, 2.05) is 19.1 Å². The largest absolute Gasteiger partial charge is 0.416 e. The van der Waals surface area contributed by atoms with Gasteiger partial charge in [-0.1, -0.05) is 49.1 Å². The van der Waals surface area contributed by atoms with Gasteiger partial charge in [0.15, 0.2) is 0 Å². The summed E-state index contributed by atoms with van der Waals surface area (Å²) in [5.41, 5.74) is 5.29. The quantitative estimate of drug-likeness (QED) is 0.692. The average molecular weight is 306 g/mol. The van der Waals surface area contributed by atoms with Crippen molar-refractivity contribution in [3.05, 3.63) is 72.0 Å². The van der Waals surface area contributed by atoms with Crippen LogP contribution in [-0.4, -0.2) is 6.18 Å². The molecule has 0 aliphatic rings. The lowest BCUT2D eigenvalue weighted by atomic mass is 10.2. The predicted molar refractivity (Wildman–Crippen MR) is 81.2 cm³/mol. The summed E-state index contributed by atoms with van der Waals surface area (Å²) >= 11 is 5.38. The molecule has 0 rings (SSSR count). The SMILES string of the molecule is C=C/C(=C\C(Cl)=C/C)C(F)(F)F.C=C/C=C(N)\C=C/C. The number of hydrogen-bond donors (Lipinski definition) is 1. The van der Waals surface area contributed by atoms with Crippen molar-refractivity contribution in [3.8, 4) is 0 Å². The van der Waals surface area contributed by atoms with Crippen LogP contribution >= 0.6 is 11.6 Å². The van der Waals surface area contributed by atoms with Crippen molar-refractivity contribution in [1.82, 2.24) is 0 Å². The minimum atomic E-state index is -4.38. The minimum Gasteiger partial charge on any atom is -0.399 e. The van der Waals surface area contributed by atoms with Crippen LogP contribution in [0.4, 0.5) is 13.2 Å². The first-order valence-electron chi connectivity index (χ1n) is 5.66. The van der Waals surface area contributed by atoms with Gasteiger partial charge in [0.25, 0.3) is 0 Å². The van der Waals surface area contributed by atoms with Crippen LogP contribution in [0, 0.1) is 0 Å². The topological polar surface area (TPSA) is 26.0 Å². The van der Waals surface area contributed by atoms with E-state index in [1.54, 1.807) is 19.1 Å². The zero-order valence-electron chi connectivity index (χ0n) is 11.5. The van der Waals surface area contributed by atoms with Crippen LogP contribution in [0.1, 0.15) is 13.8 Å². The molecule has 0 aromatic rings. The fourth-order valence-corrected chi connectivity index (χ4v) is 0.990. The first-order valence-corrected chi connectivity index (χ1v) is 6.04. The molecule has 0 fully saturated rings. The Bertz CT molecular complexity index is 427. The monoisotopic (exact) mass is 305 g/mol. The van der Waals surface area contributed by atoms with Crippen LogP contribution in [0.2, 0.25) is 0 Å². The summed E-state index contributed by atoms with van der Waals surface area (Å²) in [4.78, 5) is 0. The van der Waals surface area contributed by atoms with E-state index in [0.29, 0.717) is 0 Å². The maximum absolute atomic E-state index is 12.0. The average Bonchev–Trinajstić information content (AvgIpc) is 2.35. The molecule has 0 aromatic carbocycles. The molecule has 0 saturated carbocycles. The van der Waals surface area contributed by atoms with Crippen LogP contribution in [0.3, 0.4) is 0 Å². The van der Waals surface area contributed by atoms with Gasteiger partial charge < -0.3 is 5.73 Å². The first kappa shape index (κ1) is 20.6. The zero-order valence-corrected chi connectivity index (χ0v) is 12.3. The Kier molecular flexibility index (Phi) is 11.5. The number of alkyl halides is 3. The van der Waals surface area contributed by atoms with Crippen LogP contribution in [0.5, 0.6) is 0 Å². The van der Waals surface area contributed by atoms with Crippen molar-refractivity contribution in [2.75, 3.05) is 0 Å². The van der Waals surface area contributed by atoms with Crippen molar-refractivity contribution in [1.29, 1.82) is 0 Å². The van der Waals surface area contributed by atoms with Crippen LogP contribution in [0.25, 0.3) is 0 Å². The summed E-state index contributed by atoms with van der Waals surface area (Å²) < 4.78 is 36.0. The molecule has 0 aliphatic carbocycles. The Balaban J connectivity index is 0. The van der Waals surface area contributed by atoms with E-state index in [2.05, 4.69) is 13.2 Å². The van der Waals surface area contributed by atoms with Gasteiger partial charge in [-0.15, -0.1) is 0 Å². The van der Waals surface area contributed by atoms with Crippen LogP contribution in [0.15, 0.2) is 72.0 Å². The fourth-order valence-electron chi connectivity index (χ4n) is 0.872. The summed E-state index contributed by atoms with van der Waals surface area (Å²) in [5, 5.41) is 0.0437. The Morgan fingerprint density at radius 1 is 1.20 bits per heavy atom. The molecule has 0 heterocycles. The third-order valence-corrected chi connectivity index (χ3v) is 2.11. The van der Waals surface area contributed by atoms with Gasteiger partial charge in [0, 0.05) is 10.7 Å². The van der Waals surface area contributed by atoms with Gasteiger partial charge in [-0.3, -0.25) is 0 Å². The zero-order chi connectivity index (χ0) is 16.2. The Morgan fingerprint density at radius 2 is 1.75 bits per heavy atom. The minimum absolute atomic E-state index is 0.0437. The highest BCUT2D eigenvalue weighted by molar-refractivity contribution is 6.31. The van der Waals surface area contributed by atoms with Gasteiger partial charge in [-0.05, 0) is 32.1 Å². The highest BCUT2D eigenvalue weighted by Gasteiger charge is 2.31. The molecule has 0 aromatic heterocycles. The van der Waals surface area contributed by atoms with Gasteiger partial charge >= 0.3 is 6.18 Å². The fraction of sp³-hybridized carbons (Fsp3) is 0.200. The maximum Gasteiger partial charge on any atom is 0.416 e. The maximum atomic E-state index is 12.0. The predicted octanol–water partition coefficient (Wildman–Crippen LogP) is 5.39. The molecule has 0 saturated heterocycles. The summed E-state index contributed by atoms with van der Waals surface area (Å²) in [5.74, 6) is 0. The summed E-state index contributed by atoms with van der Waals surface area (Å²) in [6.07, 6.45) is 5.66. The van der Waals surface area contributed by atoms with E-state index >= 15 is 0 Å². The standard InChI is InChI=1S/C8H8ClF3.C7H11N/c1-3-6(8(10,11)12)5-7(9)4-2;1-3-5-7(8)6-4-2/h3-5H,1H2,2H3;3-6H,1,8H2,2H3/b6-5+,7-4+;6-4-,7-5+. The summed E-state index contributed by atoms with van der Waals surface area (Å²) in [7, 11) is 0. The number of rotatable bonds is 4. The van der Waals surface area contributed by atoms with Crippen LogP contribution in [-0.2, 0) is 0 Å². The molecule has 112 valence electrons. The molecular weight excluding hydrogens is 287 g/mol. The highest BCUT2D eigenvalue weighted by atomic mass is 35.5.